The van der Waals surface area contributed by atoms with Crippen molar-refractivity contribution < 1.29 is 14.6 Å². The van der Waals surface area contributed by atoms with Crippen LogP contribution in [0.1, 0.15) is 13.8 Å². The number of aliphatic hydroxyl groups is 1. The molecule has 0 bridgehead atoms. The van der Waals surface area contributed by atoms with E-state index in [9.17, 15) is 5.11 Å². The molecule has 5 nitrogen and oxygen atoms in total. The second kappa shape index (κ2) is 7.19. The molecule has 0 aromatic carbocycles. The Labute approximate surface area is 97.5 Å². The van der Waals surface area contributed by atoms with Crippen LogP contribution >= 0.6 is 0 Å². The first kappa shape index (κ1) is 13.9. The van der Waals surface area contributed by atoms with Gasteiger partial charge < -0.3 is 20.3 Å². The Hall–Kier alpha value is -0.200. The molecule has 0 spiro atoms. The van der Waals surface area contributed by atoms with Gasteiger partial charge in [-0.3, -0.25) is 4.90 Å². The van der Waals surface area contributed by atoms with Gasteiger partial charge >= 0.3 is 0 Å². The van der Waals surface area contributed by atoms with Gasteiger partial charge in [-0.2, -0.15) is 0 Å². The maximum absolute atomic E-state index is 9.72. The zero-order valence-corrected chi connectivity index (χ0v) is 10.3. The van der Waals surface area contributed by atoms with Gasteiger partial charge in [0.25, 0.3) is 0 Å². The fourth-order valence-corrected chi connectivity index (χ4v) is 1.82. The van der Waals surface area contributed by atoms with E-state index < -0.39 is 6.10 Å². The molecule has 0 aliphatic carbocycles. The number of hydrogen-bond donors (Lipinski definition) is 2. The second-order valence-electron chi connectivity index (χ2n) is 4.34. The van der Waals surface area contributed by atoms with Crippen LogP contribution in [0, 0.1) is 0 Å². The van der Waals surface area contributed by atoms with Gasteiger partial charge in [0.1, 0.15) is 0 Å². The number of nitrogens with zero attached hydrogens (tertiary/aromatic N) is 1. The minimum Gasteiger partial charge on any atom is -0.389 e. The zero-order chi connectivity index (χ0) is 12.0. The Morgan fingerprint density at radius 1 is 1.62 bits per heavy atom. The minimum atomic E-state index is -0.424. The predicted octanol–water partition coefficient (Wildman–Crippen LogP) is -0.568. The molecule has 0 aromatic rings. The van der Waals surface area contributed by atoms with Gasteiger partial charge in [-0.15, -0.1) is 0 Å². The summed E-state index contributed by atoms with van der Waals surface area (Å²) in [4.78, 5) is 2.18. The van der Waals surface area contributed by atoms with Gasteiger partial charge in [0.05, 0.1) is 25.4 Å². The number of β-amino-alcohol motifs (C(OH)–C–C–N with tert-alkyl or cyclic N) is 1. The normalized spacial score (nSPS) is 26.6. The van der Waals surface area contributed by atoms with Crippen LogP contribution in [0.25, 0.3) is 0 Å². The van der Waals surface area contributed by atoms with Crippen molar-refractivity contribution >= 4 is 0 Å². The van der Waals surface area contributed by atoms with Crippen molar-refractivity contribution in [2.75, 3.05) is 39.5 Å². The first-order valence-corrected chi connectivity index (χ1v) is 5.98. The van der Waals surface area contributed by atoms with E-state index in [0.29, 0.717) is 26.4 Å². The molecule has 1 aliphatic rings. The van der Waals surface area contributed by atoms with Gasteiger partial charge in [0, 0.05) is 32.3 Å². The van der Waals surface area contributed by atoms with E-state index in [-0.39, 0.29) is 12.1 Å². The van der Waals surface area contributed by atoms with Crippen LogP contribution in [0.3, 0.4) is 0 Å². The molecular weight excluding hydrogens is 208 g/mol. The van der Waals surface area contributed by atoms with Crippen LogP contribution in [0.2, 0.25) is 0 Å². The molecule has 5 heteroatoms. The summed E-state index contributed by atoms with van der Waals surface area (Å²) in [5.74, 6) is 0. The Bertz CT molecular complexity index is 190. The number of aliphatic hydroxyl groups excluding tert-OH is 1. The molecule has 1 saturated heterocycles. The highest BCUT2D eigenvalue weighted by molar-refractivity contribution is 4.78. The molecule has 3 unspecified atom stereocenters. The van der Waals surface area contributed by atoms with E-state index in [1.54, 1.807) is 0 Å². The summed E-state index contributed by atoms with van der Waals surface area (Å²) >= 11 is 0. The molecule has 3 atom stereocenters. The summed E-state index contributed by atoms with van der Waals surface area (Å²) in [6.07, 6.45) is -0.347. The lowest BCUT2D eigenvalue weighted by atomic mass is 10.1. The molecular formula is C11H24N2O3. The largest absolute Gasteiger partial charge is 0.389 e. The predicted molar refractivity (Wildman–Crippen MR) is 62.3 cm³/mol. The van der Waals surface area contributed by atoms with Crippen molar-refractivity contribution in [3.63, 3.8) is 0 Å². The Balaban J connectivity index is 2.25. The standard InChI is InChI=1S/C11H24N2O3/c1-3-15-8-10(14)6-13-4-5-16-11(7-13)9(2)12/h9-11,14H,3-8,12H2,1-2H3. The van der Waals surface area contributed by atoms with E-state index >= 15 is 0 Å². The average Bonchev–Trinajstić information content (AvgIpc) is 2.26. The third-order valence-electron chi connectivity index (χ3n) is 2.75. The number of ether oxygens (including phenoxy) is 2. The number of hydrogen-bond acceptors (Lipinski definition) is 5. The molecule has 3 N–H and O–H groups in total. The van der Waals surface area contributed by atoms with E-state index in [4.69, 9.17) is 15.2 Å². The van der Waals surface area contributed by atoms with Crippen LogP contribution in [0.5, 0.6) is 0 Å². The Morgan fingerprint density at radius 2 is 2.38 bits per heavy atom. The number of nitrogens with two attached hydrogens (primary N) is 1. The maximum atomic E-state index is 9.72. The van der Waals surface area contributed by atoms with Gasteiger partial charge in [0.15, 0.2) is 0 Å². The van der Waals surface area contributed by atoms with Crippen LogP contribution in [-0.4, -0.2) is 67.7 Å². The highest BCUT2D eigenvalue weighted by Gasteiger charge is 2.24. The molecule has 16 heavy (non-hydrogen) atoms. The van der Waals surface area contributed by atoms with E-state index in [1.165, 1.54) is 0 Å². The second-order valence-corrected chi connectivity index (χ2v) is 4.34. The van der Waals surface area contributed by atoms with Crippen molar-refractivity contribution in [2.24, 2.45) is 5.73 Å². The summed E-state index contributed by atoms with van der Waals surface area (Å²) in [5, 5.41) is 9.72. The summed E-state index contributed by atoms with van der Waals surface area (Å²) in [6.45, 7) is 7.88. The monoisotopic (exact) mass is 232 g/mol. The molecule has 0 saturated carbocycles. The lowest BCUT2D eigenvalue weighted by Gasteiger charge is -2.35. The SMILES string of the molecule is CCOCC(O)CN1CCOC(C(C)N)C1. The summed E-state index contributed by atoms with van der Waals surface area (Å²) in [5.41, 5.74) is 5.80. The van der Waals surface area contributed by atoms with Crippen LogP contribution in [0.15, 0.2) is 0 Å². The van der Waals surface area contributed by atoms with Crippen molar-refractivity contribution in [2.45, 2.75) is 32.1 Å². The van der Waals surface area contributed by atoms with Crippen LogP contribution < -0.4 is 5.73 Å². The highest BCUT2D eigenvalue weighted by atomic mass is 16.5. The van der Waals surface area contributed by atoms with E-state index in [2.05, 4.69) is 4.90 Å². The van der Waals surface area contributed by atoms with Crippen molar-refractivity contribution in [3.05, 3.63) is 0 Å². The summed E-state index contributed by atoms with van der Waals surface area (Å²) < 4.78 is 10.7. The number of morpholine rings is 1. The Morgan fingerprint density at radius 3 is 3.00 bits per heavy atom. The highest BCUT2D eigenvalue weighted by Crippen LogP contribution is 2.08. The molecule has 1 fully saturated rings. The maximum Gasteiger partial charge on any atom is 0.0900 e. The summed E-state index contributed by atoms with van der Waals surface area (Å²) in [6, 6.07) is 0.0341. The van der Waals surface area contributed by atoms with E-state index in [0.717, 1.165) is 13.1 Å². The fraction of sp³-hybridized carbons (Fsp3) is 1.00. The molecule has 0 aromatic heterocycles. The molecule has 1 heterocycles. The van der Waals surface area contributed by atoms with E-state index in [1.807, 2.05) is 13.8 Å². The molecule has 1 aliphatic heterocycles. The van der Waals surface area contributed by atoms with Crippen molar-refractivity contribution in [3.8, 4) is 0 Å². The topological polar surface area (TPSA) is 68.0 Å². The summed E-state index contributed by atoms with van der Waals surface area (Å²) in [7, 11) is 0. The smallest absolute Gasteiger partial charge is 0.0900 e. The third kappa shape index (κ3) is 4.76. The van der Waals surface area contributed by atoms with Crippen LogP contribution in [0.4, 0.5) is 0 Å². The Kier molecular flexibility index (Phi) is 6.23. The van der Waals surface area contributed by atoms with Crippen molar-refractivity contribution in [1.82, 2.24) is 4.90 Å². The van der Waals surface area contributed by atoms with Gasteiger partial charge in [-0.05, 0) is 13.8 Å². The quantitative estimate of drug-likeness (QED) is 0.642. The molecule has 96 valence electrons. The number of rotatable bonds is 6. The average molecular weight is 232 g/mol. The van der Waals surface area contributed by atoms with Gasteiger partial charge in [-0.1, -0.05) is 0 Å². The minimum absolute atomic E-state index is 0.0341. The third-order valence-corrected chi connectivity index (χ3v) is 2.75. The molecule has 0 radical (unpaired) electrons. The van der Waals surface area contributed by atoms with Crippen molar-refractivity contribution in [1.29, 1.82) is 0 Å². The van der Waals surface area contributed by atoms with Crippen LogP contribution in [-0.2, 0) is 9.47 Å². The zero-order valence-electron chi connectivity index (χ0n) is 10.3. The first-order chi connectivity index (χ1) is 7.63. The fourth-order valence-electron chi connectivity index (χ4n) is 1.82. The van der Waals surface area contributed by atoms with Gasteiger partial charge in [0.2, 0.25) is 0 Å². The lowest BCUT2D eigenvalue weighted by Crippen LogP contribution is -2.51. The lowest BCUT2D eigenvalue weighted by molar-refractivity contribution is -0.0568. The molecule has 1 rings (SSSR count). The first-order valence-electron chi connectivity index (χ1n) is 5.98. The molecule has 0 amide bonds. The van der Waals surface area contributed by atoms with Gasteiger partial charge in [-0.25, -0.2) is 0 Å².